The van der Waals surface area contributed by atoms with E-state index in [1.165, 1.54) is 12.1 Å². The predicted octanol–water partition coefficient (Wildman–Crippen LogP) is 2.77. The average molecular weight is 396 g/mol. The van der Waals surface area contributed by atoms with Gasteiger partial charge in [0.15, 0.2) is 0 Å². The molecule has 0 unspecified atom stereocenters. The van der Waals surface area contributed by atoms with E-state index in [0.29, 0.717) is 0 Å². The number of rotatable bonds is 3. The van der Waals surface area contributed by atoms with Gasteiger partial charge in [-0.05, 0) is 59.0 Å². The molecule has 0 fully saturated rings. The Morgan fingerprint density at radius 3 is 2.26 bits per heavy atom. The van der Waals surface area contributed by atoms with Crippen molar-refractivity contribution in [3.05, 3.63) is 51.9 Å². The van der Waals surface area contributed by atoms with E-state index < -0.39 is 27.6 Å². The van der Waals surface area contributed by atoms with Crippen molar-refractivity contribution in [1.82, 2.24) is 4.98 Å². The van der Waals surface area contributed by atoms with Gasteiger partial charge in [0, 0.05) is 3.57 Å². The van der Waals surface area contributed by atoms with Gasteiger partial charge in [0.25, 0.3) is 10.0 Å². The Morgan fingerprint density at radius 1 is 1.05 bits per heavy atom. The van der Waals surface area contributed by atoms with Gasteiger partial charge in [-0.2, -0.15) is 13.8 Å². The van der Waals surface area contributed by atoms with Crippen LogP contribution < -0.4 is 4.72 Å². The number of hydrogen-bond donors (Lipinski definition) is 1. The molecule has 0 bridgehead atoms. The van der Waals surface area contributed by atoms with Gasteiger partial charge in [-0.25, -0.2) is 8.42 Å². The fourth-order valence-corrected chi connectivity index (χ4v) is 2.72. The third-order valence-electron chi connectivity index (χ3n) is 2.18. The summed E-state index contributed by atoms with van der Waals surface area (Å²) in [6, 6.07) is 7.83. The maximum atomic E-state index is 13.3. The Balaban J connectivity index is 2.33. The summed E-state index contributed by atoms with van der Waals surface area (Å²) in [5, 5.41) is 0. The molecule has 0 aliphatic carbocycles. The van der Waals surface area contributed by atoms with Crippen molar-refractivity contribution < 1.29 is 17.2 Å². The van der Waals surface area contributed by atoms with Crippen LogP contribution in [0.25, 0.3) is 0 Å². The molecule has 0 saturated heterocycles. The fraction of sp³-hybridized carbons (Fsp3) is 0. The summed E-state index contributed by atoms with van der Waals surface area (Å²) in [5.41, 5.74) is -0.403. The predicted molar refractivity (Wildman–Crippen MR) is 74.1 cm³/mol. The Kier molecular flexibility index (Phi) is 3.99. The third kappa shape index (κ3) is 3.38. The zero-order valence-corrected chi connectivity index (χ0v) is 12.2. The number of anilines is 1. The van der Waals surface area contributed by atoms with Crippen LogP contribution in [-0.2, 0) is 10.0 Å². The monoisotopic (exact) mass is 396 g/mol. The van der Waals surface area contributed by atoms with Crippen LogP contribution in [0.1, 0.15) is 0 Å². The second kappa shape index (κ2) is 5.37. The lowest BCUT2D eigenvalue weighted by molar-refractivity contribution is 0.515. The van der Waals surface area contributed by atoms with Crippen LogP contribution in [-0.4, -0.2) is 13.4 Å². The van der Waals surface area contributed by atoms with Crippen LogP contribution in [0.3, 0.4) is 0 Å². The molecule has 8 heteroatoms. The number of pyridine rings is 1. The number of sulfonamides is 1. The molecular weight excluding hydrogens is 389 g/mol. The molecule has 19 heavy (non-hydrogen) atoms. The summed E-state index contributed by atoms with van der Waals surface area (Å²) in [7, 11) is -3.92. The summed E-state index contributed by atoms with van der Waals surface area (Å²) in [6.45, 7) is 0. The van der Waals surface area contributed by atoms with E-state index in [4.69, 9.17) is 0 Å². The van der Waals surface area contributed by atoms with E-state index in [-0.39, 0.29) is 4.90 Å². The molecule has 0 spiro atoms. The smallest absolute Gasteiger partial charge is 0.262 e. The first-order valence-corrected chi connectivity index (χ1v) is 7.55. The van der Waals surface area contributed by atoms with Crippen molar-refractivity contribution in [2.75, 3.05) is 4.72 Å². The highest BCUT2D eigenvalue weighted by molar-refractivity contribution is 14.1. The maximum absolute atomic E-state index is 13.3. The van der Waals surface area contributed by atoms with Crippen LogP contribution in [0.4, 0.5) is 14.5 Å². The molecule has 0 saturated carbocycles. The first-order valence-electron chi connectivity index (χ1n) is 4.99. The number of aromatic nitrogens is 1. The number of nitrogens with zero attached hydrogens (tertiary/aromatic N) is 1. The SMILES string of the molecule is O=S(=O)(Nc1ccc(F)nc1F)c1ccc(I)cc1. The molecule has 2 aromatic rings. The van der Waals surface area contributed by atoms with Crippen molar-refractivity contribution in [3.63, 3.8) is 0 Å². The molecule has 1 heterocycles. The Hall–Kier alpha value is -1.29. The molecule has 1 aromatic heterocycles. The molecule has 0 amide bonds. The topological polar surface area (TPSA) is 59.1 Å². The van der Waals surface area contributed by atoms with E-state index in [1.807, 2.05) is 27.3 Å². The minimum absolute atomic E-state index is 0.0170. The molecule has 4 nitrogen and oxygen atoms in total. The molecule has 0 radical (unpaired) electrons. The van der Waals surface area contributed by atoms with Crippen molar-refractivity contribution in [3.8, 4) is 0 Å². The minimum Gasteiger partial charge on any atom is -0.275 e. The van der Waals surface area contributed by atoms with Gasteiger partial charge in [-0.1, -0.05) is 0 Å². The van der Waals surface area contributed by atoms with Gasteiger partial charge in [-0.15, -0.1) is 0 Å². The van der Waals surface area contributed by atoms with Gasteiger partial charge >= 0.3 is 0 Å². The van der Waals surface area contributed by atoms with Crippen molar-refractivity contribution >= 4 is 38.3 Å². The van der Waals surface area contributed by atoms with Gasteiger partial charge in [0.05, 0.1) is 4.90 Å². The summed E-state index contributed by atoms with van der Waals surface area (Å²) in [6.07, 6.45) is 0. The van der Waals surface area contributed by atoms with Crippen LogP contribution in [0.2, 0.25) is 0 Å². The van der Waals surface area contributed by atoms with Crippen LogP contribution in [0.15, 0.2) is 41.3 Å². The van der Waals surface area contributed by atoms with Gasteiger partial charge < -0.3 is 0 Å². The summed E-state index contributed by atoms with van der Waals surface area (Å²) in [4.78, 5) is 2.89. The quantitative estimate of drug-likeness (QED) is 0.642. The number of benzene rings is 1. The van der Waals surface area contributed by atoms with E-state index in [1.54, 1.807) is 12.1 Å². The van der Waals surface area contributed by atoms with E-state index >= 15 is 0 Å². The zero-order chi connectivity index (χ0) is 14.0. The Bertz CT molecular complexity index is 705. The molecule has 1 aromatic carbocycles. The first-order chi connectivity index (χ1) is 8.88. The van der Waals surface area contributed by atoms with Crippen LogP contribution in [0.5, 0.6) is 0 Å². The van der Waals surface area contributed by atoms with Gasteiger partial charge in [-0.3, -0.25) is 4.72 Å². The van der Waals surface area contributed by atoms with Crippen molar-refractivity contribution in [2.24, 2.45) is 0 Å². The largest absolute Gasteiger partial charge is 0.275 e. The lowest BCUT2D eigenvalue weighted by Gasteiger charge is -2.08. The van der Waals surface area contributed by atoms with Crippen molar-refractivity contribution in [1.29, 1.82) is 0 Å². The van der Waals surface area contributed by atoms with E-state index in [9.17, 15) is 17.2 Å². The summed E-state index contributed by atoms with van der Waals surface area (Å²) >= 11 is 2.03. The highest BCUT2D eigenvalue weighted by Crippen LogP contribution is 2.19. The first kappa shape index (κ1) is 14.1. The lowest BCUT2D eigenvalue weighted by Crippen LogP contribution is -2.14. The minimum atomic E-state index is -3.92. The van der Waals surface area contributed by atoms with Crippen LogP contribution in [0, 0.1) is 15.5 Å². The molecule has 0 aliphatic rings. The summed E-state index contributed by atoms with van der Waals surface area (Å²) < 4.78 is 52.7. The molecule has 2 rings (SSSR count). The summed E-state index contributed by atoms with van der Waals surface area (Å²) in [5.74, 6) is -2.23. The zero-order valence-electron chi connectivity index (χ0n) is 9.27. The maximum Gasteiger partial charge on any atom is 0.262 e. The fourth-order valence-electron chi connectivity index (χ4n) is 1.31. The second-order valence-corrected chi connectivity index (χ2v) is 6.46. The highest BCUT2D eigenvalue weighted by Gasteiger charge is 2.17. The normalized spacial score (nSPS) is 11.3. The molecule has 1 N–H and O–H groups in total. The molecule has 0 aliphatic heterocycles. The lowest BCUT2D eigenvalue weighted by atomic mass is 10.4. The second-order valence-electron chi connectivity index (χ2n) is 3.53. The van der Waals surface area contributed by atoms with E-state index in [0.717, 1.165) is 15.7 Å². The van der Waals surface area contributed by atoms with Gasteiger partial charge in [0.2, 0.25) is 11.9 Å². The molecule has 100 valence electrons. The average Bonchev–Trinajstić information content (AvgIpc) is 2.33. The van der Waals surface area contributed by atoms with Crippen molar-refractivity contribution in [2.45, 2.75) is 4.90 Å². The standard InChI is InChI=1S/C11H7F2IN2O2S/c12-10-6-5-9(11(13)15-10)16-19(17,18)8-3-1-7(14)2-4-8/h1-6,16H. The van der Waals surface area contributed by atoms with E-state index in [2.05, 4.69) is 4.98 Å². The number of hydrogen-bond acceptors (Lipinski definition) is 3. The molecular formula is C11H7F2IN2O2S. The number of halogens is 3. The molecule has 0 atom stereocenters. The highest BCUT2D eigenvalue weighted by atomic mass is 127. The van der Waals surface area contributed by atoms with Crippen LogP contribution >= 0.6 is 22.6 Å². The van der Waals surface area contributed by atoms with Gasteiger partial charge in [0.1, 0.15) is 5.69 Å². The number of nitrogens with one attached hydrogen (secondary N) is 1. The Morgan fingerprint density at radius 2 is 1.68 bits per heavy atom. The third-order valence-corrected chi connectivity index (χ3v) is 4.28. The Labute approximate surface area is 122 Å².